The average Bonchev–Trinajstić information content (AvgIpc) is 3.01. The Morgan fingerprint density at radius 3 is 2.82 bits per heavy atom. The van der Waals surface area contributed by atoms with Gasteiger partial charge in [0, 0.05) is 10.2 Å². The summed E-state index contributed by atoms with van der Waals surface area (Å²) < 4.78 is 1.11. The monoisotopic (exact) mass is 323 g/mol. The van der Waals surface area contributed by atoms with Crippen molar-refractivity contribution in [2.75, 3.05) is 5.75 Å². The van der Waals surface area contributed by atoms with E-state index in [0.29, 0.717) is 0 Å². The molecule has 1 aromatic carbocycles. The second kappa shape index (κ2) is 4.59. The molecule has 0 amide bonds. The molecule has 4 heteroatoms. The number of thioether (sulfide) groups is 1. The van der Waals surface area contributed by atoms with Gasteiger partial charge in [-0.2, -0.15) is 11.3 Å². The largest absolute Gasteiger partial charge is 0.269 e. The molecule has 0 aliphatic carbocycles. The van der Waals surface area contributed by atoms with Gasteiger partial charge in [-0.3, -0.25) is 4.99 Å². The Morgan fingerprint density at radius 2 is 2.18 bits per heavy atom. The molecule has 0 fully saturated rings. The van der Waals surface area contributed by atoms with Crippen LogP contribution in [0.3, 0.4) is 0 Å². The molecule has 1 aliphatic rings. The summed E-state index contributed by atoms with van der Waals surface area (Å²) in [5.41, 5.74) is 4.33. The molecule has 3 rings (SSSR count). The van der Waals surface area contributed by atoms with E-state index in [1.54, 1.807) is 23.1 Å². The molecule has 2 aromatic rings. The van der Waals surface area contributed by atoms with Crippen molar-refractivity contribution >= 4 is 44.6 Å². The number of aliphatic imine (C=N–C) groups is 1. The van der Waals surface area contributed by atoms with Crippen LogP contribution in [0.5, 0.6) is 0 Å². The summed E-state index contributed by atoms with van der Waals surface area (Å²) in [6.07, 6.45) is 0. The lowest BCUT2D eigenvalue weighted by atomic mass is 9.87. The molecule has 2 heterocycles. The van der Waals surface area contributed by atoms with E-state index in [1.807, 2.05) is 5.55 Å². The number of hydrogen-bond acceptors (Lipinski definition) is 3. The maximum atomic E-state index is 4.74. The van der Waals surface area contributed by atoms with Crippen molar-refractivity contribution in [3.8, 4) is 0 Å². The Balaban J connectivity index is 2.16. The fourth-order valence-electron chi connectivity index (χ4n) is 2.05. The molecule has 0 radical (unpaired) electrons. The van der Waals surface area contributed by atoms with Crippen LogP contribution < -0.4 is 0 Å². The second-order valence-corrected chi connectivity index (χ2v) is 6.46. The number of halogens is 1. The van der Waals surface area contributed by atoms with E-state index in [1.165, 1.54) is 11.1 Å². The van der Waals surface area contributed by atoms with Crippen molar-refractivity contribution in [1.82, 2.24) is 0 Å². The number of rotatable bonds is 2. The molecule has 0 N–H and O–H groups in total. The standard InChI is InChI=1S/C13H10BrNS2/c14-12-3-1-2-10(6-12)13(8-17-9-15-13)11-4-5-16-7-11/h1-7,9H,8H2. The number of nitrogens with zero attached hydrogens (tertiary/aromatic N) is 1. The van der Waals surface area contributed by atoms with Gasteiger partial charge < -0.3 is 0 Å². The highest BCUT2D eigenvalue weighted by Crippen LogP contribution is 2.41. The zero-order valence-corrected chi connectivity index (χ0v) is 12.2. The van der Waals surface area contributed by atoms with E-state index in [9.17, 15) is 0 Å². The van der Waals surface area contributed by atoms with E-state index in [2.05, 4.69) is 57.0 Å². The summed E-state index contributed by atoms with van der Waals surface area (Å²) in [5, 5.41) is 4.32. The second-order valence-electron chi connectivity index (χ2n) is 3.93. The fraction of sp³-hybridized carbons (Fsp3) is 0.154. The highest BCUT2D eigenvalue weighted by Gasteiger charge is 2.36. The Morgan fingerprint density at radius 1 is 1.24 bits per heavy atom. The highest BCUT2D eigenvalue weighted by atomic mass is 79.9. The first-order valence-electron chi connectivity index (χ1n) is 5.25. The predicted molar refractivity (Wildman–Crippen MR) is 80.2 cm³/mol. The number of hydrogen-bond donors (Lipinski definition) is 0. The molecule has 86 valence electrons. The lowest BCUT2D eigenvalue weighted by molar-refractivity contribution is 0.633. The molecule has 0 saturated heterocycles. The van der Waals surface area contributed by atoms with Crippen LogP contribution in [0.2, 0.25) is 0 Å². The van der Waals surface area contributed by atoms with Crippen LogP contribution in [0.1, 0.15) is 11.1 Å². The van der Waals surface area contributed by atoms with Crippen LogP contribution in [0.25, 0.3) is 0 Å². The Labute approximate surface area is 117 Å². The van der Waals surface area contributed by atoms with Crippen LogP contribution in [-0.4, -0.2) is 11.3 Å². The summed E-state index contributed by atoms with van der Waals surface area (Å²) in [4.78, 5) is 4.74. The quantitative estimate of drug-likeness (QED) is 0.791. The lowest BCUT2D eigenvalue weighted by Crippen LogP contribution is -2.25. The number of benzene rings is 1. The normalized spacial score (nSPS) is 23.1. The van der Waals surface area contributed by atoms with E-state index >= 15 is 0 Å². The van der Waals surface area contributed by atoms with E-state index in [-0.39, 0.29) is 5.54 Å². The van der Waals surface area contributed by atoms with Gasteiger partial charge in [-0.25, -0.2) is 0 Å². The zero-order valence-electron chi connectivity index (χ0n) is 8.97. The highest BCUT2D eigenvalue weighted by molar-refractivity contribution is 9.10. The lowest BCUT2D eigenvalue weighted by Gasteiger charge is -2.25. The molecule has 17 heavy (non-hydrogen) atoms. The SMILES string of the molecule is Brc1cccc(C2(c3ccsc3)CSC=N2)c1. The van der Waals surface area contributed by atoms with Gasteiger partial charge in [0.25, 0.3) is 0 Å². The Hall–Kier alpha value is -0.580. The van der Waals surface area contributed by atoms with Gasteiger partial charge in [0.15, 0.2) is 0 Å². The molecule has 1 aromatic heterocycles. The summed E-state index contributed by atoms with van der Waals surface area (Å²) >= 11 is 7.05. The van der Waals surface area contributed by atoms with Gasteiger partial charge in [-0.1, -0.05) is 28.1 Å². The third kappa shape index (κ3) is 1.98. The van der Waals surface area contributed by atoms with Crippen molar-refractivity contribution in [2.45, 2.75) is 5.54 Å². The van der Waals surface area contributed by atoms with Gasteiger partial charge >= 0.3 is 0 Å². The molecular formula is C13H10BrNS2. The maximum absolute atomic E-state index is 4.74. The van der Waals surface area contributed by atoms with Crippen LogP contribution in [-0.2, 0) is 5.54 Å². The minimum absolute atomic E-state index is 0.186. The van der Waals surface area contributed by atoms with Gasteiger partial charge in [0.05, 0.1) is 5.55 Å². The van der Waals surface area contributed by atoms with Crippen molar-refractivity contribution in [3.63, 3.8) is 0 Å². The van der Waals surface area contributed by atoms with Crippen LogP contribution in [0.4, 0.5) is 0 Å². The van der Waals surface area contributed by atoms with Crippen LogP contribution in [0.15, 0.2) is 50.6 Å². The van der Waals surface area contributed by atoms with Gasteiger partial charge in [0.2, 0.25) is 0 Å². The van der Waals surface area contributed by atoms with Gasteiger partial charge in [-0.05, 0) is 40.1 Å². The van der Waals surface area contributed by atoms with Crippen molar-refractivity contribution in [3.05, 3.63) is 56.7 Å². The third-order valence-electron chi connectivity index (χ3n) is 2.94. The van der Waals surface area contributed by atoms with Crippen molar-refractivity contribution < 1.29 is 0 Å². The minimum atomic E-state index is -0.186. The van der Waals surface area contributed by atoms with Crippen LogP contribution in [0, 0.1) is 0 Å². The van der Waals surface area contributed by atoms with Crippen LogP contribution >= 0.6 is 39.0 Å². The maximum Gasteiger partial charge on any atom is 0.121 e. The smallest absolute Gasteiger partial charge is 0.121 e. The fourth-order valence-corrected chi connectivity index (χ4v) is 4.15. The molecule has 0 saturated carbocycles. The van der Waals surface area contributed by atoms with Gasteiger partial charge in [0.1, 0.15) is 5.54 Å². The zero-order chi connectivity index (χ0) is 11.7. The first-order valence-corrected chi connectivity index (χ1v) is 8.04. The summed E-state index contributed by atoms with van der Waals surface area (Å²) in [5.74, 6) is 0.986. The molecule has 1 aliphatic heterocycles. The first kappa shape index (κ1) is 11.5. The van der Waals surface area contributed by atoms with Crippen molar-refractivity contribution in [2.24, 2.45) is 4.99 Å². The molecular weight excluding hydrogens is 314 g/mol. The first-order chi connectivity index (χ1) is 8.31. The van der Waals surface area contributed by atoms with E-state index in [0.717, 1.165) is 10.2 Å². The number of thiophene rings is 1. The third-order valence-corrected chi connectivity index (χ3v) is 4.96. The predicted octanol–water partition coefficient (Wildman–Crippen LogP) is 4.53. The minimum Gasteiger partial charge on any atom is -0.269 e. The molecule has 1 nitrogen and oxygen atoms in total. The summed E-state index contributed by atoms with van der Waals surface area (Å²) in [6.45, 7) is 0. The van der Waals surface area contributed by atoms with Gasteiger partial charge in [-0.15, -0.1) is 11.8 Å². The Bertz CT molecular complexity index is 550. The van der Waals surface area contributed by atoms with E-state index < -0.39 is 0 Å². The Kier molecular flexibility index (Phi) is 3.11. The molecule has 0 spiro atoms. The molecule has 1 unspecified atom stereocenters. The topological polar surface area (TPSA) is 12.4 Å². The average molecular weight is 324 g/mol. The molecule has 1 atom stereocenters. The summed E-state index contributed by atoms with van der Waals surface area (Å²) in [7, 11) is 0. The molecule has 0 bridgehead atoms. The van der Waals surface area contributed by atoms with E-state index in [4.69, 9.17) is 4.99 Å². The summed E-state index contributed by atoms with van der Waals surface area (Å²) in [6, 6.07) is 10.6. The van der Waals surface area contributed by atoms with Crippen molar-refractivity contribution in [1.29, 1.82) is 0 Å².